The van der Waals surface area contributed by atoms with E-state index in [1.807, 2.05) is 18.3 Å². The van der Waals surface area contributed by atoms with E-state index in [9.17, 15) is 18.0 Å². The summed E-state index contributed by atoms with van der Waals surface area (Å²) in [5, 5.41) is 19.7. The Kier molecular flexibility index (Phi) is 6.40. The van der Waals surface area contributed by atoms with Crippen molar-refractivity contribution in [2.45, 2.75) is 25.4 Å². The van der Waals surface area contributed by atoms with Crippen LogP contribution in [0.5, 0.6) is 0 Å². The van der Waals surface area contributed by atoms with Crippen LogP contribution in [0.25, 0.3) is 5.69 Å². The summed E-state index contributed by atoms with van der Waals surface area (Å²) in [7, 11) is 0. The summed E-state index contributed by atoms with van der Waals surface area (Å²) in [6, 6.07) is 15.6. The molecule has 188 valence electrons. The smallest absolute Gasteiger partial charge is 0.321 e. The molecule has 0 atom stereocenters. The Morgan fingerprint density at radius 2 is 1.92 bits per heavy atom. The Labute approximate surface area is 210 Å². The van der Waals surface area contributed by atoms with Crippen molar-refractivity contribution >= 4 is 11.6 Å². The molecule has 0 spiro atoms. The first-order chi connectivity index (χ1) is 17.8. The van der Waals surface area contributed by atoms with Crippen LogP contribution in [0.1, 0.15) is 45.7 Å². The summed E-state index contributed by atoms with van der Waals surface area (Å²) < 4.78 is 41.1. The van der Waals surface area contributed by atoms with Gasteiger partial charge >= 0.3 is 6.18 Å². The van der Waals surface area contributed by atoms with E-state index in [4.69, 9.17) is 5.26 Å². The molecule has 2 N–H and O–H groups in total. The van der Waals surface area contributed by atoms with Crippen LogP contribution in [0.4, 0.5) is 18.9 Å². The van der Waals surface area contributed by atoms with E-state index in [0.29, 0.717) is 24.1 Å². The zero-order chi connectivity index (χ0) is 26.0. The second kappa shape index (κ2) is 9.81. The third-order valence-electron chi connectivity index (χ3n) is 5.92. The molecule has 1 amide bonds. The fourth-order valence-electron chi connectivity index (χ4n) is 3.86. The average Bonchev–Trinajstić information content (AvgIpc) is 3.40. The normalized spacial score (nSPS) is 13.2. The maximum atomic E-state index is 13.4. The lowest BCUT2D eigenvalue weighted by Gasteiger charge is -2.10. The molecule has 1 aliphatic rings. The van der Waals surface area contributed by atoms with Crippen molar-refractivity contribution < 1.29 is 18.0 Å². The number of nitriles is 1. The summed E-state index contributed by atoms with van der Waals surface area (Å²) >= 11 is 0. The first kappa shape index (κ1) is 24.1. The molecule has 37 heavy (non-hydrogen) atoms. The van der Waals surface area contributed by atoms with Gasteiger partial charge in [-0.25, -0.2) is 4.68 Å². The fourth-order valence-corrected chi connectivity index (χ4v) is 3.86. The summed E-state index contributed by atoms with van der Waals surface area (Å²) in [6.45, 7) is 0.885. The third kappa shape index (κ3) is 5.81. The van der Waals surface area contributed by atoms with Crippen LogP contribution >= 0.6 is 0 Å². The molecule has 0 saturated heterocycles. The van der Waals surface area contributed by atoms with E-state index in [0.717, 1.165) is 22.4 Å². The summed E-state index contributed by atoms with van der Waals surface area (Å²) in [5.74, 6) is -0.0497. The van der Waals surface area contributed by atoms with Crippen LogP contribution in [0, 0.1) is 17.2 Å². The highest BCUT2D eigenvalue weighted by Crippen LogP contribution is 2.30. The quantitative estimate of drug-likeness (QED) is 0.360. The van der Waals surface area contributed by atoms with E-state index < -0.39 is 17.8 Å². The predicted octanol–water partition coefficient (Wildman–Crippen LogP) is 4.76. The number of hydrogen-bond donors (Lipinski definition) is 2. The number of rotatable bonds is 8. The topological polar surface area (TPSA) is 101 Å². The number of nitrogens with one attached hydrogen (secondary N) is 2. The van der Waals surface area contributed by atoms with Gasteiger partial charge < -0.3 is 10.7 Å². The van der Waals surface area contributed by atoms with Crippen LogP contribution in [-0.2, 0) is 12.6 Å². The molecule has 1 aliphatic carbocycles. The maximum Gasteiger partial charge on any atom is 0.435 e. The molecule has 5 rings (SSSR count). The Balaban J connectivity index is 1.35. The van der Waals surface area contributed by atoms with Crippen molar-refractivity contribution in [3.8, 4) is 11.8 Å². The number of carbonyl (C=O) groups excluding carboxylic acids is 1. The standard InChI is InChI=1S/C26H22F3N7O/c27-26(28,29)24-12-23(36(34-24)22-6-2-4-19(11-22)13-30)25(37)33-21-5-1-3-18(10-21)9-20-15-32-35(16-20)31-14-17-7-8-17/h1-6,10-12,15-17,31H,7-9,14H2,(H,33,37). The van der Waals surface area contributed by atoms with E-state index in [-0.39, 0.29) is 16.9 Å². The van der Waals surface area contributed by atoms with Gasteiger partial charge in [-0.2, -0.15) is 33.4 Å². The summed E-state index contributed by atoms with van der Waals surface area (Å²) in [6.07, 6.45) is 1.96. The van der Waals surface area contributed by atoms with Crippen molar-refractivity contribution in [1.82, 2.24) is 19.7 Å². The molecule has 0 bridgehead atoms. The second-order valence-electron chi connectivity index (χ2n) is 8.92. The lowest BCUT2D eigenvalue weighted by molar-refractivity contribution is -0.141. The molecule has 1 fully saturated rings. The summed E-state index contributed by atoms with van der Waals surface area (Å²) in [4.78, 5) is 14.8. The van der Waals surface area contributed by atoms with Crippen molar-refractivity contribution in [3.05, 3.63) is 95.1 Å². The van der Waals surface area contributed by atoms with Gasteiger partial charge in [-0.3, -0.25) is 4.79 Å². The molecular weight excluding hydrogens is 483 g/mol. The van der Waals surface area contributed by atoms with E-state index in [1.54, 1.807) is 29.2 Å². The minimum absolute atomic E-state index is 0.167. The van der Waals surface area contributed by atoms with Gasteiger partial charge in [0.2, 0.25) is 0 Å². The van der Waals surface area contributed by atoms with Crippen LogP contribution in [0.15, 0.2) is 67.0 Å². The van der Waals surface area contributed by atoms with Gasteiger partial charge in [0.1, 0.15) is 5.69 Å². The molecule has 8 nitrogen and oxygen atoms in total. The number of benzene rings is 2. The molecule has 2 aromatic heterocycles. The number of aromatic nitrogens is 4. The van der Waals surface area contributed by atoms with Gasteiger partial charge in [0.15, 0.2) is 5.69 Å². The molecule has 1 saturated carbocycles. The highest BCUT2D eigenvalue weighted by atomic mass is 19.4. The number of nitrogens with zero attached hydrogens (tertiary/aromatic N) is 5. The lowest BCUT2D eigenvalue weighted by atomic mass is 10.1. The van der Waals surface area contributed by atoms with Gasteiger partial charge in [0.25, 0.3) is 5.91 Å². The number of halogens is 3. The Morgan fingerprint density at radius 3 is 2.68 bits per heavy atom. The number of alkyl halides is 3. The first-order valence-electron chi connectivity index (χ1n) is 11.6. The molecule has 4 aromatic rings. The summed E-state index contributed by atoms with van der Waals surface area (Å²) in [5.41, 5.74) is 4.42. The van der Waals surface area contributed by atoms with Crippen LogP contribution in [0.2, 0.25) is 0 Å². The van der Waals surface area contributed by atoms with Crippen LogP contribution in [0.3, 0.4) is 0 Å². The van der Waals surface area contributed by atoms with Gasteiger partial charge in [0, 0.05) is 24.7 Å². The lowest BCUT2D eigenvalue weighted by Crippen LogP contribution is -2.17. The van der Waals surface area contributed by atoms with Gasteiger partial charge in [-0.1, -0.05) is 18.2 Å². The number of amides is 1. The van der Waals surface area contributed by atoms with Crippen molar-refractivity contribution in [3.63, 3.8) is 0 Å². The van der Waals surface area contributed by atoms with Gasteiger partial charge in [-0.05, 0) is 60.2 Å². The predicted molar refractivity (Wildman–Crippen MR) is 130 cm³/mol. The van der Waals surface area contributed by atoms with E-state index in [2.05, 4.69) is 20.9 Å². The van der Waals surface area contributed by atoms with Gasteiger partial charge in [-0.15, -0.1) is 0 Å². The fraction of sp³-hybridized carbons (Fsp3) is 0.231. The minimum Gasteiger partial charge on any atom is -0.321 e. The SMILES string of the molecule is N#Cc1cccc(-n2nc(C(F)(F)F)cc2C(=O)Nc2cccc(Cc3cnn(NCC4CC4)c3)c2)c1. The molecule has 11 heteroatoms. The Morgan fingerprint density at radius 1 is 1.11 bits per heavy atom. The Bertz CT molecular complexity index is 1480. The third-order valence-corrected chi connectivity index (χ3v) is 5.92. The zero-order valence-corrected chi connectivity index (χ0v) is 19.5. The molecule has 0 unspecified atom stereocenters. The van der Waals surface area contributed by atoms with E-state index >= 15 is 0 Å². The number of anilines is 1. The largest absolute Gasteiger partial charge is 0.435 e. The molecule has 2 heterocycles. The van der Waals surface area contributed by atoms with Crippen LogP contribution in [-0.4, -0.2) is 32.1 Å². The average molecular weight is 506 g/mol. The van der Waals surface area contributed by atoms with Crippen molar-refractivity contribution in [2.24, 2.45) is 5.92 Å². The van der Waals surface area contributed by atoms with Crippen molar-refractivity contribution in [2.75, 3.05) is 17.3 Å². The first-order valence-corrected chi connectivity index (χ1v) is 11.6. The zero-order valence-electron chi connectivity index (χ0n) is 19.5. The number of hydrogen-bond acceptors (Lipinski definition) is 5. The molecule has 2 aromatic carbocycles. The van der Waals surface area contributed by atoms with Crippen LogP contribution < -0.4 is 10.7 Å². The van der Waals surface area contributed by atoms with E-state index in [1.165, 1.54) is 37.1 Å². The molecular formula is C26H22F3N7O. The molecule has 0 aliphatic heterocycles. The van der Waals surface area contributed by atoms with Gasteiger partial charge in [0.05, 0.1) is 29.7 Å². The highest BCUT2D eigenvalue weighted by Gasteiger charge is 2.36. The molecule has 0 radical (unpaired) electrons. The Hall–Kier alpha value is -4.59. The monoisotopic (exact) mass is 505 g/mol. The maximum absolute atomic E-state index is 13.4. The van der Waals surface area contributed by atoms with Crippen molar-refractivity contribution in [1.29, 1.82) is 5.26 Å². The second-order valence-corrected chi connectivity index (χ2v) is 8.92. The number of carbonyl (C=O) groups is 1. The highest BCUT2D eigenvalue weighted by molar-refractivity contribution is 6.03. The minimum atomic E-state index is -4.75.